The van der Waals surface area contributed by atoms with E-state index in [0.29, 0.717) is 0 Å². The van der Waals surface area contributed by atoms with Gasteiger partial charge in [0.2, 0.25) is 0 Å². The molecular weight excluding hydrogens is 124 g/mol. The number of aliphatic hydroxyl groups is 1. The first kappa shape index (κ1) is 7.80. The Morgan fingerprint density at radius 3 is 2.90 bits per heavy atom. The van der Waals surface area contributed by atoms with Crippen molar-refractivity contribution in [2.45, 2.75) is 44.6 Å². The van der Waals surface area contributed by atoms with Gasteiger partial charge in [-0.15, -0.1) is 0 Å². The highest BCUT2D eigenvalue weighted by molar-refractivity contribution is 4.85. The molecule has 0 saturated carbocycles. The monoisotopic (exact) mass is 140 g/mol. The van der Waals surface area contributed by atoms with Crippen molar-refractivity contribution in [1.82, 2.24) is 0 Å². The van der Waals surface area contributed by atoms with Crippen LogP contribution in [0.1, 0.15) is 38.5 Å². The van der Waals surface area contributed by atoms with Crippen LogP contribution in [0.5, 0.6) is 0 Å². The Labute approximate surface area is 62.8 Å². The zero-order valence-electron chi connectivity index (χ0n) is 6.42. The quantitative estimate of drug-likeness (QED) is 0.512. The van der Waals surface area contributed by atoms with Gasteiger partial charge in [0.15, 0.2) is 0 Å². The maximum absolute atomic E-state index is 9.29. The molecule has 1 aliphatic rings. The van der Waals surface area contributed by atoms with Crippen LogP contribution in [0, 0.1) is 0 Å². The molecule has 1 heteroatoms. The normalized spacial score (nSPS) is 31.9. The van der Waals surface area contributed by atoms with Crippen molar-refractivity contribution in [3.05, 3.63) is 12.2 Å². The van der Waals surface area contributed by atoms with Gasteiger partial charge in [0.1, 0.15) is 0 Å². The van der Waals surface area contributed by atoms with Gasteiger partial charge in [-0.1, -0.05) is 25.0 Å². The zero-order valence-corrected chi connectivity index (χ0v) is 6.42. The highest BCUT2D eigenvalue weighted by Crippen LogP contribution is 2.11. The van der Waals surface area contributed by atoms with Crippen molar-refractivity contribution in [2.24, 2.45) is 0 Å². The van der Waals surface area contributed by atoms with E-state index >= 15 is 0 Å². The summed E-state index contributed by atoms with van der Waals surface area (Å²) in [4.78, 5) is 0. The summed E-state index contributed by atoms with van der Waals surface area (Å²) in [6, 6.07) is 0. The van der Waals surface area contributed by atoms with E-state index in [0.717, 1.165) is 12.8 Å². The van der Waals surface area contributed by atoms with Gasteiger partial charge in [0.05, 0.1) is 6.10 Å². The minimum absolute atomic E-state index is 0.0747. The summed E-state index contributed by atoms with van der Waals surface area (Å²) in [5.41, 5.74) is 0. The number of hydrogen-bond acceptors (Lipinski definition) is 1. The smallest absolute Gasteiger partial charge is 0.0574 e. The average Bonchev–Trinajstić information content (AvgIpc) is 2.02. The summed E-state index contributed by atoms with van der Waals surface area (Å²) in [6.07, 6.45) is 11.0. The summed E-state index contributed by atoms with van der Waals surface area (Å²) >= 11 is 0. The molecule has 0 radical (unpaired) electrons. The van der Waals surface area contributed by atoms with E-state index in [-0.39, 0.29) is 6.10 Å². The van der Waals surface area contributed by atoms with Crippen LogP contribution in [0.2, 0.25) is 0 Å². The molecule has 0 heterocycles. The van der Waals surface area contributed by atoms with E-state index in [2.05, 4.69) is 12.2 Å². The summed E-state index contributed by atoms with van der Waals surface area (Å²) in [5.74, 6) is 0. The van der Waals surface area contributed by atoms with Crippen LogP contribution < -0.4 is 0 Å². The molecule has 10 heavy (non-hydrogen) atoms. The molecule has 0 aliphatic heterocycles. The van der Waals surface area contributed by atoms with Crippen LogP contribution in [-0.4, -0.2) is 11.2 Å². The van der Waals surface area contributed by atoms with Crippen molar-refractivity contribution in [3.63, 3.8) is 0 Å². The van der Waals surface area contributed by atoms with Gasteiger partial charge < -0.3 is 5.11 Å². The lowest BCUT2D eigenvalue weighted by molar-refractivity contribution is 0.164. The van der Waals surface area contributed by atoms with E-state index in [1.54, 1.807) is 0 Å². The average molecular weight is 140 g/mol. The highest BCUT2D eigenvalue weighted by Gasteiger charge is 2.01. The van der Waals surface area contributed by atoms with E-state index in [1.807, 2.05) is 0 Å². The van der Waals surface area contributed by atoms with Gasteiger partial charge in [-0.25, -0.2) is 0 Å². The standard InChI is InChI=1S/C9H16O/c10-9-7-5-3-1-2-4-6-8-9/h3,5,9-10H,1-2,4,6-8H2/b5-3+. The second-order valence-corrected chi connectivity index (χ2v) is 3.00. The number of allylic oxidation sites excluding steroid dienone is 1. The Hall–Kier alpha value is -0.300. The van der Waals surface area contributed by atoms with Crippen LogP contribution in [0.4, 0.5) is 0 Å². The van der Waals surface area contributed by atoms with Crippen molar-refractivity contribution >= 4 is 0 Å². The molecular formula is C9H16O. The summed E-state index contributed by atoms with van der Waals surface area (Å²) in [7, 11) is 0. The summed E-state index contributed by atoms with van der Waals surface area (Å²) in [5, 5.41) is 9.29. The maximum Gasteiger partial charge on any atom is 0.0574 e. The van der Waals surface area contributed by atoms with Crippen LogP contribution in [-0.2, 0) is 0 Å². The van der Waals surface area contributed by atoms with Crippen LogP contribution in [0.25, 0.3) is 0 Å². The minimum atomic E-state index is -0.0747. The predicted octanol–water partition coefficient (Wildman–Crippen LogP) is 2.26. The van der Waals surface area contributed by atoms with Gasteiger partial charge in [-0.2, -0.15) is 0 Å². The minimum Gasteiger partial charge on any atom is -0.393 e. The predicted molar refractivity (Wildman–Crippen MR) is 42.8 cm³/mol. The molecule has 1 unspecified atom stereocenters. The fraction of sp³-hybridized carbons (Fsp3) is 0.778. The van der Waals surface area contributed by atoms with Crippen molar-refractivity contribution in [1.29, 1.82) is 0 Å². The number of hydrogen-bond donors (Lipinski definition) is 1. The Bertz CT molecular complexity index is 107. The Morgan fingerprint density at radius 1 is 1.10 bits per heavy atom. The lowest BCUT2D eigenvalue weighted by Gasteiger charge is -2.04. The number of aliphatic hydroxyl groups excluding tert-OH is 1. The van der Waals surface area contributed by atoms with Crippen LogP contribution in [0.15, 0.2) is 12.2 Å². The van der Waals surface area contributed by atoms with Crippen molar-refractivity contribution in [2.75, 3.05) is 0 Å². The second-order valence-electron chi connectivity index (χ2n) is 3.00. The lowest BCUT2D eigenvalue weighted by Crippen LogP contribution is -2.03. The summed E-state index contributed by atoms with van der Waals surface area (Å²) in [6.45, 7) is 0. The summed E-state index contributed by atoms with van der Waals surface area (Å²) < 4.78 is 0. The van der Waals surface area contributed by atoms with E-state index in [4.69, 9.17) is 0 Å². The first-order valence-corrected chi connectivity index (χ1v) is 4.22. The Balaban J connectivity index is 2.26. The maximum atomic E-state index is 9.29. The lowest BCUT2D eigenvalue weighted by atomic mass is 10.1. The molecule has 0 aromatic carbocycles. The fourth-order valence-corrected chi connectivity index (χ4v) is 1.31. The van der Waals surface area contributed by atoms with E-state index in [9.17, 15) is 5.11 Å². The first-order chi connectivity index (χ1) is 4.89. The molecule has 1 nitrogen and oxygen atoms in total. The van der Waals surface area contributed by atoms with Crippen molar-refractivity contribution in [3.8, 4) is 0 Å². The van der Waals surface area contributed by atoms with Gasteiger partial charge in [0, 0.05) is 0 Å². The fourth-order valence-electron chi connectivity index (χ4n) is 1.31. The topological polar surface area (TPSA) is 20.2 Å². The molecule has 1 aliphatic carbocycles. The van der Waals surface area contributed by atoms with Gasteiger partial charge >= 0.3 is 0 Å². The third kappa shape index (κ3) is 3.02. The molecule has 1 atom stereocenters. The highest BCUT2D eigenvalue weighted by atomic mass is 16.3. The third-order valence-corrected chi connectivity index (χ3v) is 1.98. The molecule has 0 aromatic rings. The largest absolute Gasteiger partial charge is 0.393 e. The molecule has 0 spiro atoms. The Morgan fingerprint density at radius 2 is 2.00 bits per heavy atom. The molecule has 0 saturated heterocycles. The molecule has 1 N–H and O–H groups in total. The van der Waals surface area contributed by atoms with Gasteiger partial charge in [-0.05, 0) is 25.7 Å². The molecule has 58 valence electrons. The van der Waals surface area contributed by atoms with Gasteiger partial charge in [-0.3, -0.25) is 0 Å². The van der Waals surface area contributed by atoms with E-state index < -0.39 is 0 Å². The zero-order chi connectivity index (χ0) is 7.23. The molecule has 0 fully saturated rings. The van der Waals surface area contributed by atoms with E-state index in [1.165, 1.54) is 25.7 Å². The SMILES string of the molecule is OC1C/C=C/CCCCC1. The van der Waals surface area contributed by atoms with Gasteiger partial charge in [0.25, 0.3) is 0 Å². The molecule has 1 rings (SSSR count). The molecule has 0 aromatic heterocycles. The third-order valence-electron chi connectivity index (χ3n) is 1.98. The molecule has 0 amide bonds. The van der Waals surface area contributed by atoms with Crippen molar-refractivity contribution < 1.29 is 5.11 Å². The first-order valence-electron chi connectivity index (χ1n) is 4.22. The number of rotatable bonds is 0. The van der Waals surface area contributed by atoms with Crippen LogP contribution in [0.3, 0.4) is 0 Å². The van der Waals surface area contributed by atoms with Crippen LogP contribution >= 0.6 is 0 Å². The Kier molecular flexibility index (Phi) is 3.52. The second kappa shape index (κ2) is 4.51. The molecule has 0 bridgehead atoms.